The van der Waals surface area contributed by atoms with Gasteiger partial charge in [-0.2, -0.15) is 0 Å². The first kappa shape index (κ1) is 23.8. The predicted octanol–water partition coefficient (Wildman–Crippen LogP) is 6.05. The maximum Gasteiger partial charge on any atom is 0.311 e. The second-order valence-electron chi connectivity index (χ2n) is 10.2. The number of ether oxygens (including phenoxy) is 2. The van der Waals surface area contributed by atoms with Crippen molar-refractivity contribution >= 4 is 25.2 Å². The van der Waals surface area contributed by atoms with E-state index in [0.717, 1.165) is 13.2 Å². The Bertz CT molecular complexity index is 397. The highest BCUT2D eigenvalue weighted by Gasteiger charge is 2.39. The van der Waals surface area contributed by atoms with Crippen LogP contribution in [0, 0.1) is 0 Å². The van der Waals surface area contributed by atoms with Crippen LogP contribution in [0.4, 0.5) is 0 Å². The Morgan fingerprint density at radius 2 is 1.00 bits per heavy atom. The third-order valence-electron chi connectivity index (χ3n) is 5.46. The van der Waals surface area contributed by atoms with Crippen molar-refractivity contribution in [3.05, 3.63) is 0 Å². The normalized spacial score (nSPS) is 22.9. The molecular weight excluding hydrogens is 388 g/mol. The highest BCUT2D eigenvalue weighted by atomic mass is 28.5. The summed E-state index contributed by atoms with van der Waals surface area (Å²) in [5.74, 6) is 0. The van der Waals surface area contributed by atoms with Crippen LogP contribution >= 0.6 is 0 Å². The van der Waals surface area contributed by atoms with E-state index in [4.69, 9.17) is 17.7 Å². The van der Waals surface area contributed by atoms with E-state index in [9.17, 15) is 0 Å². The lowest BCUT2D eigenvalue weighted by atomic mass is 10.2. The van der Waals surface area contributed by atoms with Crippen molar-refractivity contribution in [2.45, 2.75) is 115 Å². The summed E-state index contributed by atoms with van der Waals surface area (Å²) in [6, 6.07) is 2.51. The summed E-state index contributed by atoms with van der Waals surface area (Å²) in [6.45, 7) is 16.0. The lowest BCUT2D eigenvalue weighted by molar-refractivity contribution is 0.381. The summed E-state index contributed by atoms with van der Waals surface area (Å²) >= 11 is 0. The van der Waals surface area contributed by atoms with E-state index in [2.05, 4.69) is 39.3 Å². The zero-order chi connectivity index (χ0) is 20.0. The molecular formula is C20H44O4Si3. The molecule has 0 aromatic heterocycles. The molecule has 2 saturated heterocycles. The van der Waals surface area contributed by atoms with Gasteiger partial charge in [-0.05, 0) is 64.2 Å². The third kappa shape index (κ3) is 11.9. The number of hydrogen-bond acceptors (Lipinski definition) is 4. The van der Waals surface area contributed by atoms with Crippen LogP contribution in [0.5, 0.6) is 0 Å². The minimum absolute atomic E-state index is 0.584. The molecule has 2 fully saturated rings. The van der Waals surface area contributed by atoms with E-state index >= 15 is 0 Å². The Morgan fingerprint density at radius 3 is 1.33 bits per heavy atom. The maximum atomic E-state index is 6.72. The largest absolute Gasteiger partial charge is 0.437 e. The SMILES string of the molecule is C[Si](C)(CCCCCC1CO1)O[Si](C)(C)O[Si](C)(C)CCCCCC1CO1. The van der Waals surface area contributed by atoms with Crippen molar-refractivity contribution in [2.75, 3.05) is 13.2 Å². The van der Waals surface area contributed by atoms with Gasteiger partial charge in [0.05, 0.1) is 25.4 Å². The van der Waals surface area contributed by atoms with Crippen LogP contribution in [0.1, 0.15) is 51.4 Å². The van der Waals surface area contributed by atoms with Gasteiger partial charge in [-0.25, -0.2) is 0 Å². The van der Waals surface area contributed by atoms with E-state index in [1.54, 1.807) is 0 Å². The van der Waals surface area contributed by atoms with Crippen LogP contribution in [-0.4, -0.2) is 50.6 Å². The minimum atomic E-state index is -2.04. The molecule has 0 aromatic rings. The van der Waals surface area contributed by atoms with Crippen LogP contribution in [-0.2, 0) is 17.7 Å². The minimum Gasteiger partial charge on any atom is -0.437 e. The van der Waals surface area contributed by atoms with Gasteiger partial charge < -0.3 is 17.7 Å². The molecule has 160 valence electrons. The highest BCUT2D eigenvalue weighted by molar-refractivity contribution is 6.87. The summed E-state index contributed by atoms with van der Waals surface area (Å²) in [6.07, 6.45) is 11.5. The maximum absolute atomic E-state index is 6.72. The first-order chi connectivity index (χ1) is 12.6. The van der Waals surface area contributed by atoms with Gasteiger partial charge in [0, 0.05) is 0 Å². The molecule has 0 saturated carbocycles. The summed E-state index contributed by atoms with van der Waals surface area (Å²) in [7, 11) is -5.32. The van der Waals surface area contributed by atoms with Crippen LogP contribution in [0.3, 0.4) is 0 Å². The van der Waals surface area contributed by atoms with E-state index in [1.807, 2.05) is 0 Å². The molecule has 4 nitrogen and oxygen atoms in total. The average Bonchev–Trinajstić information content (AvgIpc) is 3.39. The summed E-state index contributed by atoms with van der Waals surface area (Å²) in [5.41, 5.74) is 0. The van der Waals surface area contributed by atoms with Gasteiger partial charge in [-0.1, -0.05) is 38.5 Å². The lowest BCUT2D eigenvalue weighted by Crippen LogP contribution is -2.52. The fraction of sp³-hybridized carbons (Fsp3) is 1.00. The van der Waals surface area contributed by atoms with Gasteiger partial charge in [0.2, 0.25) is 0 Å². The Hall–Kier alpha value is 0.491. The Balaban J connectivity index is 1.60. The van der Waals surface area contributed by atoms with Gasteiger partial charge >= 0.3 is 8.56 Å². The van der Waals surface area contributed by atoms with Crippen molar-refractivity contribution in [1.29, 1.82) is 0 Å². The molecule has 2 heterocycles. The third-order valence-corrected chi connectivity index (χ3v) is 16.9. The van der Waals surface area contributed by atoms with E-state index in [1.165, 1.54) is 63.5 Å². The van der Waals surface area contributed by atoms with Crippen molar-refractivity contribution in [3.8, 4) is 0 Å². The average molecular weight is 433 g/mol. The topological polar surface area (TPSA) is 43.5 Å². The Kier molecular flexibility index (Phi) is 9.24. The van der Waals surface area contributed by atoms with Crippen molar-refractivity contribution in [1.82, 2.24) is 0 Å². The first-order valence-corrected chi connectivity index (χ1v) is 20.3. The number of hydrogen-bond donors (Lipinski definition) is 0. The Morgan fingerprint density at radius 1 is 0.630 bits per heavy atom. The second kappa shape index (κ2) is 10.5. The van der Waals surface area contributed by atoms with E-state index in [-0.39, 0.29) is 0 Å². The zero-order valence-electron chi connectivity index (χ0n) is 18.8. The van der Waals surface area contributed by atoms with Gasteiger partial charge in [0.25, 0.3) is 0 Å². The number of epoxide rings is 2. The van der Waals surface area contributed by atoms with Crippen molar-refractivity contribution < 1.29 is 17.7 Å². The van der Waals surface area contributed by atoms with Gasteiger partial charge in [0.1, 0.15) is 0 Å². The fourth-order valence-corrected chi connectivity index (χ4v) is 18.3. The van der Waals surface area contributed by atoms with Crippen molar-refractivity contribution in [3.63, 3.8) is 0 Å². The molecule has 2 aliphatic heterocycles. The molecule has 2 unspecified atom stereocenters. The van der Waals surface area contributed by atoms with Crippen molar-refractivity contribution in [2.24, 2.45) is 0 Å². The van der Waals surface area contributed by atoms with Gasteiger partial charge in [-0.3, -0.25) is 0 Å². The number of rotatable bonds is 16. The van der Waals surface area contributed by atoms with Crippen LogP contribution < -0.4 is 0 Å². The van der Waals surface area contributed by atoms with Crippen LogP contribution in [0.2, 0.25) is 51.4 Å². The standard InChI is InChI=1S/C20H44O4Si3/c1-25(2,15-11-7-9-13-19-17-21-19)23-27(5,6)24-26(3,4)16-12-8-10-14-20-18-22-20/h19-20H,7-18H2,1-6H3. The zero-order valence-corrected chi connectivity index (χ0v) is 21.8. The van der Waals surface area contributed by atoms with Gasteiger partial charge in [-0.15, -0.1) is 0 Å². The molecule has 0 aromatic carbocycles. The predicted molar refractivity (Wildman–Crippen MR) is 121 cm³/mol. The quantitative estimate of drug-likeness (QED) is 0.169. The first-order valence-electron chi connectivity index (χ1n) is 11.2. The molecule has 27 heavy (non-hydrogen) atoms. The van der Waals surface area contributed by atoms with Crippen LogP contribution in [0.15, 0.2) is 0 Å². The summed E-state index contributed by atoms with van der Waals surface area (Å²) in [5, 5.41) is 0. The Labute approximate surface area is 171 Å². The molecule has 0 aliphatic carbocycles. The molecule has 0 bridgehead atoms. The molecule has 0 radical (unpaired) electrons. The summed E-state index contributed by atoms with van der Waals surface area (Å²) in [4.78, 5) is 0. The fourth-order valence-electron chi connectivity index (χ4n) is 4.12. The molecule has 0 amide bonds. The highest BCUT2D eigenvalue weighted by Crippen LogP contribution is 2.28. The second-order valence-corrected chi connectivity index (χ2v) is 22.7. The molecule has 0 N–H and O–H groups in total. The number of unbranched alkanes of at least 4 members (excludes halogenated alkanes) is 4. The molecule has 0 spiro atoms. The molecule has 7 heteroatoms. The smallest absolute Gasteiger partial charge is 0.311 e. The monoisotopic (exact) mass is 432 g/mol. The lowest BCUT2D eigenvalue weighted by Gasteiger charge is -2.39. The molecule has 2 atom stereocenters. The van der Waals surface area contributed by atoms with Crippen LogP contribution in [0.25, 0.3) is 0 Å². The summed E-state index contributed by atoms with van der Waals surface area (Å²) < 4.78 is 24.0. The van der Waals surface area contributed by atoms with Gasteiger partial charge in [0.15, 0.2) is 16.6 Å². The van der Waals surface area contributed by atoms with E-state index in [0.29, 0.717) is 12.2 Å². The van der Waals surface area contributed by atoms with E-state index < -0.39 is 25.2 Å². The molecule has 2 rings (SSSR count). The molecule has 2 aliphatic rings.